The van der Waals surface area contributed by atoms with Gasteiger partial charge in [-0.1, -0.05) is 32.1 Å². The molecule has 3 aliphatic rings. The fourth-order valence-corrected chi connectivity index (χ4v) is 4.10. The van der Waals surface area contributed by atoms with E-state index in [-0.39, 0.29) is 0 Å². The minimum absolute atomic E-state index is 0.450. The van der Waals surface area contributed by atoms with Crippen LogP contribution in [0.3, 0.4) is 0 Å². The van der Waals surface area contributed by atoms with Crippen LogP contribution in [0.1, 0.15) is 57.8 Å². The summed E-state index contributed by atoms with van der Waals surface area (Å²) < 4.78 is 0. The Kier molecular flexibility index (Phi) is 3.25. The van der Waals surface area contributed by atoms with Crippen LogP contribution in [-0.2, 0) is 4.79 Å². The first-order chi connectivity index (χ1) is 8.30. The van der Waals surface area contributed by atoms with Crippen LogP contribution in [0.5, 0.6) is 0 Å². The monoisotopic (exact) mass is 235 g/mol. The summed E-state index contributed by atoms with van der Waals surface area (Å²) in [5.41, 5.74) is 0.455. The molecule has 1 saturated heterocycles. The minimum atomic E-state index is 0.450. The molecule has 2 aliphatic carbocycles. The molecule has 1 atom stereocenters. The highest BCUT2D eigenvalue weighted by Crippen LogP contribution is 2.59. The first-order valence-electron chi connectivity index (χ1n) is 7.54. The third kappa shape index (κ3) is 2.42. The summed E-state index contributed by atoms with van der Waals surface area (Å²) in [6.07, 6.45) is 11.3. The molecule has 3 rings (SSSR count). The average Bonchev–Trinajstić information content (AvgIpc) is 3.05. The van der Waals surface area contributed by atoms with Crippen molar-refractivity contribution in [3.63, 3.8) is 0 Å². The van der Waals surface area contributed by atoms with Gasteiger partial charge in [-0.15, -0.1) is 0 Å². The molecule has 1 aliphatic heterocycles. The van der Waals surface area contributed by atoms with Crippen LogP contribution in [0.15, 0.2) is 0 Å². The molecule has 0 aromatic rings. The molecule has 0 aromatic carbocycles. The molecular formula is C15H25NO. The van der Waals surface area contributed by atoms with Crippen molar-refractivity contribution in [1.29, 1.82) is 0 Å². The van der Waals surface area contributed by atoms with Crippen LogP contribution in [0.25, 0.3) is 0 Å². The second-order valence-corrected chi connectivity index (χ2v) is 6.54. The van der Waals surface area contributed by atoms with Crippen molar-refractivity contribution in [2.24, 2.45) is 17.3 Å². The number of ketones is 1. The number of Topliss-reactive ketones (excluding diaryl/α,β-unsaturated/α-hetero) is 1. The summed E-state index contributed by atoms with van der Waals surface area (Å²) in [4.78, 5) is 12.3. The first-order valence-corrected chi connectivity index (χ1v) is 7.54. The maximum Gasteiger partial charge on any atom is 0.136 e. The van der Waals surface area contributed by atoms with Gasteiger partial charge in [-0.25, -0.2) is 0 Å². The Balaban J connectivity index is 1.50. The van der Waals surface area contributed by atoms with E-state index in [1.54, 1.807) is 0 Å². The molecule has 2 heteroatoms. The zero-order chi connectivity index (χ0) is 11.7. The Morgan fingerprint density at radius 2 is 1.82 bits per heavy atom. The predicted molar refractivity (Wildman–Crippen MR) is 68.8 cm³/mol. The zero-order valence-corrected chi connectivity index (χ0v) is 10.8. The molecule has 1 heterocycles. The van der Waals surface area contributed by atoms with Crippen molar-refractivity contribution in [2.45, 2.75) is 57.8 Å². The molecule has 2 saturated carbocycles. The summed E-state index contributed by atoms with van der Waals surface area (Å²) in [5.74, 6) is 1.79. The highest BCUT2D eigenvalue weighted by molar-refractivity contribution is 5.85. The van der Waals surface area contributed by atoms with Crippen LogP contribution in [-0.4, -0.2) is 18.9 Å². The SMILES string of the molecule is O=C(CC1CCCCC1)C1CC12CCNCC2. The standard InChI is InChI=1S/C15H25NO/c17-14(10-12-4-2-1-3-5-12)13-11-15(13)6-8-16-9-7-15/h12-13,16H,1-11H2. The highest BCUT2D eigenvalue weighted by atomic mass is 16.1. The van der Waals surface area contributed by atoms with E-state index in [0.717, 1.165) is 25.4 Å². The number of hydrogen-bond acceptors (Lipinski definition) is 2. The van der Waals surface area contributed by atoms with Gasteiger partial charge in [0.25, 0.3) is 0 Å². The Labute approximate surface area is 105 Å². The number of carbonyl (C=O) groups excluding carboxylic acids is 1. The summed E-state index contributed by atoms with van der Waals surface area (Å²) >= 11 is 0. The molecule has 3 fully saturated rings. The molecule has 17 heavy (non-hydrogen) atoms. The molecule has 96 valence electrons. The summed E-state index contributed by atoms with van der Waals surface area (Å²) in [7, 11) is 0. The molecular weight excluding hydrogens is 210 g/mol. The Bertz CT molecular complexity index is 287. The largest absolute Gasteiger partial charge is 0.317 e. The number of hydrogen-bond donors (Lipinski definition) is 1. The van der Waals surface area contributed by atoms with E-state index in [1.807, 2.05) is 0 Å². The lowest BCUT2D eigenvalue weighted by molar-refractivity contribution is -0.122. The van der Waals surface area contributed by atoms with Gasteiger partial charge < -0.3 is 5.32 Å². The van der Waals surface area contributed by atoms with Crippen molar-refractivity contribution in [3.05, 3.63) is 0 Å². The van der Waals surface area contributed by atoms with Crippen LogP contribution < -0.4 is 5.32 Å². The normalized spacial score (nSPS) is 32.6. The Hall–Kier alpha value is -0.370. The fourth-order valence-electron chi connectivity index (χ4n) is 4.10. The first kappa shape index (κ1) is 11.7. The van der Waals surface area contributed by atoms with Gasteiger partial charge in [0.05, 0.1) is 0 Å². The lowest BCUT2D eigenvalue weighted by Crippen LogP contribution is -2.31. The fraction of sp³-hybridized carbons (Fsp3) is 0.933. The van der Waals surface area contributed by atoms with Gasteiger partial charge in [-0.3, -0.25) is 4.79 Å². The summed E-state index contributed by atoms with van der Waals surface area (Å²) in [6.45, 7) is 2.26. The number of rotatable bonds is 3. The van der Waals surface area contributed by atoms with Crippen LogP contribution >= 0.6 is 0 Å². The molecule has 0 amide bonds. The van der Waals surface area contributed by atoms with E-state index in [4.69, 9.17) is 0 Å². The quantitative estimate of drug-likeness (QED) is 0.815. The van der Waals surface area contributed by atoms with Crippen molar-refractivity contribution in [3.8, 4) is 0 Å². The van der Waals surface area contributed by atoms with E-state index < -0.39 is 0 Å². The summed E-state index contributed by atoms with van der Waals surface area (Å²) in [6, 6.07) is 0. The minimum Gasteiger partial charge on any atom is -0.317 e. The number of nitrogens with one attached hydrogen (secondary N) is 1. The molecule has 0 bridgehead atoms. The van der Waals surface area contributed by atoms with E-state index >= 15 is 0 Å². The van der Waals surface area contributed by atoms with Crippen molar-refractivity contribution < 1.29 is 4.79 Å². The number of piperidine rings is 1. The molecule has 1 spiro atoms. The van der Waals surface area contributed by atoms with Crippen LogP contribution in [0, 0.1) is 17.3 Å². The van der Waals surface area contributed by atoms with Crippen LogP contribution in [0.4, 0.5) is 0 Å². The molecule has 2 nitrogen and oxygen atoms in total. The predicted octanol–water partition coefficient (Wildman–Crippen LogP) is 2.92. The van der Waals surface area contributed by atoms with Gasteiger partial charge in [-0.05, 0) is 43.7 Å². The molecule has 1 N–H and O–H groups in total. The molecule has 0 radical (unpaired) electrons. The van der Waals surface area contributed by atoms with E-state index in [1.165, 1.54) is 51.4 Å². The second kappa shape index (κ2) is 4.72. The zero-order valence-electron chi connectivity index (χ0n) is 10.8. The van der Waals surface area contributed by atoms with E-state index in [2.05, 4.69) is 5.32 Å². The third-order valence-corrected chi connectivity index (χ3v) is 5.39. The maximum absolute atomic E-state index is 12.3. The average molecular weight is 235 g/mol. The van der Waals surface area contributed by atoms with Gasteiger partial charge in [-0.2, -0.15) is 0 Å². The lowest BCUT2D eigenvalue weighted by atomic mass is 9.83. The second-order valence-electron chi connectivity index (χ2n) is 6.54. The van der Waals surface area contributed by atoms with Crippen molar-refractivity contribution in [2.75, 3.05) is 13.1 Å². The molecule has 1 unspecified atom stereocenters. The topological polar surface area (TPSA) is 29.1 Å². The third-order valence-electron chi connectivity index (χ3n) is 5.39. The van der Waals surface area contributed by atoms with Crippen molar-refractivity contribution >= 4 is 5.78 Å². The lowest BCUT2D eigenvalue weighted by Gasteiger charge is -2.24. The van der Waals surface area contributed by atoms with Gasteiger partial charge in [0.1, 0.15) is 5.78 Å². The van der Waals surface area contributed by atoms with Gasteiger partial charge in [0.2, 0.25) is 0 Å². The Morgan fingerprint density at radius 1 is 1.12 bits per heavy atom. The van der Waals surface area contributed by atoms with E-state index in [0.29, 0.717) is 17.1 Å². The van der Waals surface area contributed by atoms with Crippen LogP contribution in [0.2, 0.25) is 0 Å². The van der Waals surface area contributed by atoms with Gasteiger partial charge >= 0.3 is 0 Å². The maximum atomic E-state index is 12.3. The van der Waals surface area contributed by atoms with Gasteiger partial charge in [0.15, 0.2) is 0 Å². The molecule has 0 aromatic heterocycles. The smallest absolute Gasteiger partial charge is 0.136 e. The Morgan fingerprint density at radius 3 is 2.53 bits per heavy atom. The number of carbonyl (C=O) groups is 1. The van der Waals surface area contributed by atoms with Crippen molar-refractivity contribution in [1.82, 2.24) is 5.32 Å². The summed E-state index contributed by atoms with van der Waals surface area (Å²) in [5, 5.41) is 3.41. The highest BCUT2D eigenvalue weighted by Gasteiger charge is 2.57. The van der Waals surface area contributed by atoms with E-state index in [9.17, 15) is 4.79 Å². The van der Waals surface area contributed by atoms with Gasteiger partial charge in [0, 0.05) is 12.3 Å².